The monoisotopic (exact) mass is 452 g/mol. The molecule has 0 aromatic heterocycles. The van der Waals surface area contributed by atoms with Crippen molar-refractivity contribution in [2.45, 2.75) is 77.3 Å². The number of amides is 2. The van der Waals surface area contributed by atoms with Gasteiger partial charge in [-0.05, 0) is 50.3 Å². The molecular formula is C27H36N2O2S. The maximum absolute atomic E-state index is 13.3. The fourth-order valence-corrected chi connectivity index (χ4v) is 5.12. The standard InChI is InChI=1S/C27H36N2O2S/c1-20-10-9-12-23(16-20)18-32-19-26(30)29(17-24-13-8-7-11-21(24)2)22(3)27(31)28-25-14-5-4-6-15-25/h7-13,16,22,25H,4-6,14-15,17-19H2,1-3H3,(H,28,31)/t22-/m1/s1. The van der Waals surface area contributed by atoms with E-state index < -0.39 is 6.04 Å². The molecule has 1 aliphatic rings. The van der Waals surface area contributed by atoms with Crippen molar-refractivity contribution in [2.24, 2.45) is 0 Å². The molecule has 0 bridgehead atoms. The summed E-state index contributed by atoms with van der Waals surface area (Å²) in [6.45, 7) is 6.45. The van der Waals surface area contributed by atoms with Crippen molar-refractivity contribution in [1.29, 1.82) is 0 Å². The molecule has 32 heavy (non-hydrogen) atoms. The molecule has 0 aliphatic heterocycles. The molecule has 1 aliphatic carbocycles. The van der Waals surface area contributed by atoms with E-state index in [0.717, 1.165) is 29.7 Å². The summed E-state index contributed by atoms with van der Waals surface area (Å²) in [7, 11) is 0. The molecule has 3 rings (SSSR count). The Hall–Kier alpha value is -2.27. The molecule has 4 nitrogen and oxygen atoms in total. The molecule has 1 saturated carbocycles. The van der Waals surface area contributed by atoms with Crippen molar-refractivity contribution in [2.75, 3.05) is 5.75 Å². The molecule has 0 unspecified atom stereocenters. The van der Waals surface area contributed by atoms with Gasteiger partial charge < -0.3 is 10.2 Å². The van der Waals surface area contributed by atoms with E-state index in [4.69, 9.17) is 0 Å². The Balaban J connectivity index is 1.66. The average Bonchev–Trinajstić information content (AvgIpc) is 2.78. The summed E-state index contributed by atoms with van der Waals surface area (Å²) >= 11 is 1.61. The maximum atomic E-state index is 13.3. The lowest BCUT2D eigenvalue weighted by atomic mass is 9.95. The average molecular weight is 453 g/mol. The van der Waals surface area contributed by atoms with Gasteiger partial charge in [-0.15, -0.1) is 11.8 Å². The third kappa shape index (κ3) is 7.13. The predicted molar refractivity (Wildman–Crippen MR) is 134 cm³/mol. The summed E-state index contributed by atoms with van der Waals surface area (Å²) in [4.78, 5) is 28.1. The van der Waals surface area contributed by atoms with E-state index in [1.165, 1.54) is 30.4 Å². The fraction of sp³-hybridized carbons (Fsp3) is 0.481. The van der Waals surface area contributed by atoms with Gasteiger partial charge in [-0.3, -0.25) is 9.59 Å². The normalized spacial score (nSPS) is 15.2. The van der Waals surface area contributed by atoms with Crippen LogP contribution in [0.1, 0.15) is 61.3 Å². The second kappa shape index (κ2) is 12.1. The number of hydrogen-bond acceptors (Lipinski definition) is 3. The number of thioether (sulfide) groups is 1. The van der Waals surface area contributed by atoms with Crippen LogP contribution >= 0.6 is 11.8 Å². The molecule has 2 amide bonds. The van der Waals surface area contributed by atoms with E-state index >= 15 is 0 Å². The first-order chi connectivity index (χ1) is 15.4. The van der Waals surface area contributed by atoms with Crippen LogP contribution in [0.25, 0.3) is 0 Å². The van der Waals surface area contributed by atoms with Gasteiger partial charge in [-0.1, -0.05) is 73.4 Å². The number of nitrogens with one attached hydrogen (secondary N) is 1. The zero-order valence-corrected chi connectivity index (χ0v) is 20.4. The van der Waals surface area contributed by atoms with Crippen LogP contribution in [0.15, 0.2) is 48.5 Å². The number of rotatable bonds is 9. The Kier molecular flexibility index (Phi) is 9.22. The topological polar surface area (TPSA) is 49.4 Å². The van der Waals surface area contributed by atoms with Gasteiger partial charge >= 0.3 is 0 Å². The SMILES string of the molecule is Cc1cccc(CSCC(=O)N(Cc2ccccc2C)[C@H](C)C(=O)NC2CCCCC2)c1. The molecule has 172 valence electrons. The Bertz CT molecular complexity index is 908. The smallest absolute Gasteiger partial charge is 0.242 e. The summed E-state index contributed by atoms with van der Waals surface area (Å²) in [6.07, 6.45) is 5.66. The van der Waals surface area contributed by atoms with Crippen molar-refractivity contribution >= 4 is 23.6 Å². The van der Waals surface area contributed by atoms with E-state index in [1.807, 2.05) is 25.1 Å². The lowest BCUT2D eigenvalue weighted by Crippen LogP contribution is -2.50. The zero-order valence-electron chi connectivity index (χ0n) is 19.6. The molecule has 5 heteroatoms. The Morgan fingerprint density at radius 1 is 1.06 bits per heavy atom. The van der Waals surface area contributed by atoms with Crippen molar-refractivity contribution in [3.63, 3.8) is 0 Å². The fourth-order valence-electron chi connectivity index (χ4n) is 4.26. The van der Waals surface area contributed by atoms with Gasteiger partial charge in [-0.25, -0.2) is 0 Å². The van der Waals surface area contributed by atoms with Gasteiger partial charge in [0.05, 0.1) is 5.75 Å². The molecule has 1 N–H and O–H groups in total. The number of hydrogen-bond donors (Lipinski definition) is 1. The van der Waals surface area contributed by atoms with Gasteiger partial charge in [0.15, 0.2) is 0 Å². The minimum atomic E-state index is -0.497. The second-order valence-electron chi connectivity index (χ2n) is 8.95. The summed E-state index contributed by atoms with van der Waals surface area (Å²) in [6, 6.07) is 16.2. The zero-order chi connectivity index (χ0) is 22.9. The van der Waals surface area contributed by atoms with E-state index in [0.29, 0.717) is 12.3 Å². The van der Waals surface area contributed by atoms with E-state index in [-0.39, 0.29) is 17.9 Å². The molecule has 2 aromatic rings. The van der Waals surface area contributed by atoms with Crippen molar-refractivity contribution < 1.29 is 9.59 Å². The number of benzene rings is 2. The number of carbonyl (C=O) groups excluding carboxylic acids is 2. The Morgan fingerprint density at radius 3 is 2.53 bits per heavy atom. The lowest BCUT2D eigenvalue weighted by Gasteiger charge is -2.31. The molecule has 0 saturated heterocycles. The molecule has 0 heterocycles. The van der Waals surface area contributed by atoms with E-state index in [1.54, 1.807) is 16.7 Å². The largest absolute Gasteiger partial charge is 0.352 e. The van der Waals surface area contributed by atoms with E-state index in [2.05, 4.69) is 49.5 Å². The van der Waals surface area contributed by atoms with Crippen LogP contribution in [0.2, 0.25) is 0 Å². The summed E-state index contributed by atoms with van der Waals surface area (Å²) in [5.41, 5.74) is 4.67. The van der Waals surface area contributed by atoms with Crippen LogP contribution < -0.4 is 5.32 Å². The third-order valence-electron chi connectivity index (χ3n) is 6.30. The highest BCUT2D eigenvalue weighted by Crippen LogP contribution is 2.20. The molecule has 1 fully saturated rings. The van der Waals surface area contributed by atoms with Crippen LogP contribution in [-0.4, -0.2) is 34.6 Å². The van der Waals surface area contributed by atoms with Crippen molar-refractivity contribution in [1.82, 2.24) is 10.2 Å². The van der Waals surface area contributed by atoms with Gasteiger partial charge in [0.25, 0.3) is 0 Å². The molecule has 1 atom stereocenters. The highest BCUT2D eigenvalue weighted by Gasteiger charge is 2.28. The Labute approximate surface area is 197 Å². The Morgan fingerprint density at radius 2 is 1.81 bits per heavy atom. The second-order valence-corrected chi connectivity index (χ2v) is 9.94. The van der Waals surface area contributed by atoms with Crippen molar-refractivity contribution in [3.8, 4) is 0 Å². The van der Waals surface area contributed by atoms with Gasteiger partial charge in [-0.2, -0.15) is 0 Å². The quantitative estimate of drug-likeness (QED) is 0.554. The van der Waals surface area contributed by atoms with E-state index in [9.17, 15) is 9.59 Å². The maximum Gasteiger partial charge on any atom is 0.242 e. The van der Waals surface area contributed by atoms with Crippen LogP contribution in [0.4, 0.5) is 0 Å². The van der Waals surface area contributed by atoms with Gasteiger partial charge in [0.1, 0.15) is 6.04 Å². The predicted octanol–water partition coefficient (Wildman–Crippen LogP) is 5.40. The number of carbonyl (C=O) groups is 2. The minimum Gasteiger partial charge on any atom is -0.352 e. The number of nitrogens with zero attached hydrogens (tertiary/aromatic N) is 1. The summed E-state index contributed by atoms with van der Waals surface area (Å²) in [5, 5.41) is 3.20. The summed E-state index contributed by atoms with van der Waals surface area (Å²) < 4.78 is 0. The number of aryl methyl sites for hydroxylation is 2. The van der Waals surface area contributed by atoms with Gasteiger partial charge in [0.2, 0.25) is 11.8 Å². The molecular weight excluding hydrogens is 416 g/mol. The van der Waals surface area contributed by atoms with Crippen LogP contribution in [0, 0.1) is 13.8 Å². The van der Waals surface area contributed by atoms with Crippen LogP contribution in [0.5, 0.6) is 0 Å². The molecule has 2 aromatic carbocycles. The van der Waals surface area contributed by atoms with Crippen molar-refractivity contribution in [3.05, 3.63) is 70.8 Å². The molecule has 0 radical (unpaired) electrons. The van der Waals surface area contributed by atoms with Gasteiger partial charge in [0, 0.05) is 18.3 Å². The summed E-state index contributed by atoms with van der Waals surface area (Å²) in [5.74, 6) is 1.12. The first kappa shape index (κ1) is 24.4. The highest BCUT2D eigenvalue weighted by molar-refractivity contribution is 7.99. The highest BCUT2D eigenvalue weighted by atomic mass is 32.2. The third-order valence-corrected chi connectivity index (χ3v) is 7.29. The minimum absolute atomic E-state index is 0.0113. The van der Waals surface area contributed by atoms with Crippen LogP contribution in [-0.2, 0) is 21.9 Å². The molecule has 0 spiro atoms. The lowest BCUT2D eigenvalue weighted by molar-refractivity contribution is -0.139. The first-order valence-corrected chi connectivity index (χ1v) is 12.9. The first-order valence-electron chi connectivity index (χ1n) is 11.7. The van der Waals surface area contributed by atoms with Crippen LogP contribution in [0.3, 0.4) is 0 Å².